The molecule has 2 atom stereocenters. The normalized spacial score (nSPS) is 32.3. The molecule has 0 radical (unpaired) electrons. The number of esters is 1. The Morgan fingerprint density at radius 1 is 1.45 bits per heavy atom. The van der Waals surface area contributed by atoms with Crippen molar-refractivity contribution >= 4 is 11.8 Å². The lowest BCUT2D eigenvalue weighted by atomic mass is 9.59. The van der Waals surface area contributed by atoms with Crippen molar-refractivity contribution in [1.29, 1.82) is 0 Å². The van der Waals surface area contributed by atoms with E-state index in [9.17, 15) is 9.59 Å². The van der Waals surface area contributed by atoms with Gasteiger partial charge in [-0.2, -0.15) is 0 Å². The summed E-state index contributed by atoms with van der Waals surface area (Å²) in [7, 11) is 0. The number of carbonyl (C=O) groups excluding carboxylic acids is 2. The topological polar surface area (TPSA) is 43.4 Å². The van der Waals surface area contributed by atoms with Gasteiger partial charge in [0, 0.05) is 12.5 Å². The third-order valence-electron chi connectivity index (χ3n) is 5.06. The van der Waals surface area contributed by atoms with Crippen LogP contribution in [-0.4, -0.2) is 18.4 Å². The maximum absolute atomic E-state index is 12.3. The number of hydrogen-bond acceptors (Lipinski definition) is 3. The van der Waals surface area contributed by atoms with Crippen molar-refractivity contribution in [3.63, 3.8) is 0 Å². The first kappa shape index (κ1) is 15.0. The van der Waals surface area contributed by atoms with Gasteiger partial charge in [0.25, 0.3) is 0 Å². The largest absolute Gasteiger partial charge is 0.461 e. The molecule has 0 heterocycles. The Hall–Kier alpha value is -1.38. The third kappa shape index (κ3) is 2.72. The molecule has 3 nitrogen and oxygen atoms in total. The summed E-state index contributed by atoms with van der Waals surface area (Å²) in [6.45, 7) is 8.06. The first-order chi connectivity index (χ1) is 9.34. The Labute approximate surface area is 121 Å². The summed E-state index contributed by atoms with van der Waals surface area (Å²) in [5.74, 6) is 0.394. The summed E-state index contributed by atoms with van der Waals surface area (Å²) >= 11 is 0. The van der Waals surface area contributed by atoms with Crippen LogP contribution in [0.25, 0.3) is 0 Å². The van der Waals surface area contributed by atoms with Gasteiger partial charge in [-0.05, 0) is 55.6 Å². The van der Waals surface area contributed by atoms with E-state index in [2.05, 4.69) is 13.8 Å². The van der Waals surface area contributed by atoms with Crippen molar-refractivity contribution < 1.29 is 14.3 Å². The Balaban J connectivity index is 2.30. The van der Waals surface area contributed by atoms with Crippen LogP contribution in [0.1, 0.15) is 53.4 Å². The Kier molecular flexibility index (Phi) is 4.17. The van der Waals surface area contributed by atoms with E-state index in [1.165, 1.54) is 25.3 Å². The van der Waals surface area contributed by atoms with Crippen molar-refractivity contribution in [3.05, 3.63) is 22.8 Å². The molecule has 0 spiro atoms. The van der Waals surface area contributed by atoms with Gasteiger partial charge in [0.1, 0.15) is 6.61 Å². The number of ether oxygens (including phenoxy) is 1. The number of carbonyl (C=O) groups is 2. The molecule has 0 aromatic rings. The predicted octanol–water partition coefficient (Wildman–Crippen LogP) is 3.59. The minimum absolute atomic E-state index is 0.0962. The Morgan fingerprint density at radius 3 is 2.80 bits per heavy atom. The highest BCUT2D eigenvalue weighted by atomic mass is 16.5. The predicted molar refractivity (Wildman–Crippen MR) is 78.2 cm³/mol. The number of rotatable bonds is 2. The molecule has 0 saturated heterocycles. The molecule has 0 N–H and O–H groups in total. The zero-order valence-corrected chi connectivity index (χ0v) is 12.9. The van der Waals surface area contributed by atoms with Crippen molar-refractivity contribution in [2.75, 3.05) is 6.61 Å². The number of fused-ring (bicyclic) bond motifs is 1. The van der Waals surface area contributed by atoms with E-state index in [0.29, 0.717) is 5.92 Å². The SMILES string of the molecule is CC(=O)OC/C(C)=C1/C[C@@]2(C)C(=CC1=O)CCC[C@@H]2C. The van der Waals surface area contributed by atoms with E-state index in [4.69, 9.17) is 4.74 Å². The van der Waals surface area contributed by atoms with Crippen LogP contribution < -0.4 is 0 Å². The van der Waals surface area contributed by atoms with Crippen LogP contribution in [0, 0.1) is 11.3 Å². The minimum atomic E-state index is -0.304. The Bertz CT molecular complexity index is 498. The number of allylic oxidation sites excluding steroid dienone is 3. The van der Waals surface area contributed by atoms with Gasteiger partial charge in [-0.25, -0.2) is 0 Å². The fraction of sp³-hybridized carbons (Fsp3) is 0.647. The maximum atomic E-state index is 12.3. The molecule has 0 aliphatic heterocycles. The molecule has 110 valence electrons. The van der Waals surface area contributed by atoms with Gasteiger partial charge in [0.15, 0.2) is 5.78 Å². The van der Waals surface area contributed by atoms with Crippen molar-refractivity contribution in [2.24, 2.45) is 11.3 Å². The molecule has 0 amide bonds. The smallest absolute Gasteiger partial charge is 0.302 e. The van der Waals surface area contributed by atoms with Gasteiger partial charge in [-0.1, -0.05) is 19.4 Å². The van der Waals surface area contributed by atoms with Crippen LogP contribution in [0.4, 0.5) is 0 Å². The Morgan fingerprint density at radius 2 is 2.15 bits per heavy atom. The summed E-state index contributed by atoms with van der Waals surface area (Å²) in [4.78, 5) is 23.2. The molecule has 0 aromatic heterocycles. The summed E-state index contributed by atoms with van der Waals surface area (Å²) in [6, 6.07) is 0. The van der Waals surface area contributed by atoms with Gasteiger partial charge >= 0.3 is 5.97 Å². The van der Waals surface area contributed by atoms with E-state index in [-0.39, 0.29) is 23.8 Å². The fourth-order valence-electron chi connectivity index (χ4n) is 3.40. The molecule has 2 rings (SSSR count). The highest BCUT2D eigenvalue weighted by molar-refractivity contribution is 6.06. The van der Waals surface area contributed by atoms with E-state index >= 15 is 0 Å². The second-order valence-electron chi connectivity index (χ2n) is 6.46. The first-order valence-corrected chi connectivity index (χ1v) is 7.42. The monoisotopic (exact) mass is 276 g/mol. The average molecular weight is 276 g/mol. The lowest BCUT2D eigenvalue weighted by Crippen LogP contribution is -2.36. The quantitative estimate of drug-likeness (QED) is 0.572. The van der Waals surface area contributed by atoms with Gasteiger partial charge in [0.2, 0.25) is 0 Å². The van der Waals surface area contributed by atoms with Crippen LogP contribution in [-0.2, 0) is 14.3 Å². The van der Waals surface area contributed by atoms with Crippen LogP contribution in [0.2, 0.25) is 0 Å². The highest BCUT2D eigenvalue weighted by Gasteiger charge is 2.42. The number of ketones is 1. The van der Waals surface area contributed by atoms with E-state index in [1.807, 2.05) is 13.0 Å². The van der Waals surface area contributed by atoms with Crippen LogP contribution >= 0.6 is 0 Å². The zero-order valence-electron chi connectivity index (χ0n) is 12.9. The number of hydrogen-bond donors (Lipinski definition) is 0. The molecule has 1 fully saturated rings. The molecule has 0 aromatic carbocycles. The second-order valence-corrected chi connectivity index (χ2v) is 6.46. The van der Waals surface area contributed by atoms with Gasteiger partial charge in [-0.3, -0.25) is 9.59 Å². The zero-order chi connectivity index (χ0) is 14.9. The molecular weight excluding hydrogens is 252 g/mol. The van der Waals surface area contributed by atoms with Crippen molar-refractivity contribution in [1.82, 2.24) is 0 Å². The summed E-state index contributed by atoms with van der Waals surface area (Å²) in [5.41, 5.74) is 3.13. The fourth-order valence-corrected chi connectivity index (χ4v) is 3.40. The van der Waals surface area contributed by atoms with Gasteiger partial charge in [0.05, 0.1) is 0 Å². The van der Waals surface area contributed by atoms with Crippen LogP contribution in [0.15, 0.2) is 22.8 Å². The standard InChI is InChI=1S/C17H24O3/c1-11(10-20-13(3)18)15-9-17(4)12(2)6-5-7-14(17)8-16(15)19/h8,12H,5-7,9-10H2,1-4H3/b15-11-/t12-,17+/m0/s1. The van der Waals surface area contributed by atoms with Crippen LogP contribution in [0.5, 0.6) is 0 Å². The van der Waals surface area contributed by atoms with Gasteiger partial charge < -0.3 is 4.74 Å². The van der Waals surface area contributed by atoms with Crippen molar-refractivity contribution in [3.8, 4) is 0 Å². The summed E-state index contributed by atoms with van der Waals surface area (Å²) in [5, 5.41) is 0. The van der Waals surface area contributed by atoms with Crippen molar-refractivity contribution in [2.45, 2.75) is 53.4 Å². The molecule has 2 aliphatic carbocycles. The highest BCUT2D eigenvalue weighted by Crippen LogP contribution is 2.51. The lowest BCUT2D eigenvalue weighted by Gasteiger charge is -2.45. The van der Waals surface area contributed by atoms with Crippen LogP contribution in [0.3, 0.4) is 0 Å². The molecule has 0 bridgehead atoms. The first-order valence-electron chi connectivity index (χ1n) is 7.42. The summed E-state index contributed by atoms with van der Waals surface area (Å²) in [6.07, 6.45) is 6.07. The second kappa shape index (κ2) is 5.55. The van der Waals surface area contributed by atoms with E-state index < -0.39 is 0 Å². The van der Waals surface area contributed by atoms with E-state index in [0.717, 1.165) is 24.0 Å². The molecule has 1 saturated carbocycles. The summed E-state index contributed by atoms with van der Waals surface area (Å²) < 4.78 is 5.03. The van der Waals surface area contributed by atoms with E-state index in [1.54, 1.807) is 0 Å². The molecular formula is C17H24O3. The molecule has 20 heavy (non-hydrogen) atoms. The average Bonchev–Trinajstić information content (AvgIpc) is 2.38. The maximum Gasteiger partial charge on any atom is 0.302 e. The molecule has 3 heteroatoms. The van der Waals surface area contributed by atoms with Gasteiger partial charge in [-0.15, -0.1) is 0 Å². The molecule has 2 aliphatic rings. The third-order valence-corrected chi connectivity index (χ3v) is 5.06. The minimum Gasteiger partial charge on any atom is -0.461 e. The molecule has 0 unspecified atom stereocenters. The lowest BCUT2D eigenvalue weighted by molar-refractivity contribution is -0.140.